The zero-order valence-corrected chi connectivity index (χ0v) is 10.9. The Kier molecular flexibility index (Phi) is 4.13. The maximum absolute atomic E-state index is 11.8. The minimum Gasteiger partial charge on any atom is -0.446 e. The summed E-state index contributed by atoms with van der Waals surface area (Å²) in [6.07, 6.45) is 2.19. The summed E-state index contributed by atoms with van der Waals surface area (Å²) in [5.41, 5.74) is 0. The highest BCUT2D eigenvalue weighted by molar-refractivity contribution is 8.00. The van der Waals surface area contributed by atoms with Crippen LogP contribution >= 0.6 is 11.8 Å². The smallest absolute Gasteiger partial charge is 0.273 e. The second-order valence-electron chi connectivity index (χ2n) is 3.87. The van der Waals surface area contributed by atoms with Crippen molar-refractivity contribution >= 4 is 21.8 Å². The summed E-state index contributed by atoms with van der Waals surface area (Å²) < 4.78 is 31.2. The molecular weight excluding hydrogens is 262 g/mol. The second-order valence-corrected chi connectivity index (χ2v) is 6.97. The summed E-state index contributed by atoms with van der Waals surface area (Å²) in [7, 11) is -3.58. The van der Waals surface area contributed by atoms with Gasteiger partial charge in [-0.15, -0.1) is 0 Å². The van der Waals surface area contributed by atoms with Gasteiger partial charge in [-0.3, -0.25) is 0 Å². The summed E-state index contributed by atoms with van der Waals surface area (Å²) in [4.78, 5) is 0. The van der Waals surface area contributed by atoms with Crippen LogP contribution in [-0.2, 0) is 16.6 Å². The monoisotopic (exact) mass is 277 g/mol. The molecule has 0 aliphatic carbocycles. The molecule has 5 nitrogen and oxygen atoms in total. The largest absolute Gasteiger partial charge is 0.446 e. The molecule has 1 fully saturated rings. The first-order valence-corrected chi connectivity index (χ1v) is 7.96. The lowest BCUT2D eigenvalue weighted by molar-refractivity contribution is 0.236. The van der Waals surface area contributed by atoms with E-state index in [1.54, 1.807) is 11.8 Å². The quantitative estimate of drug-likeness (QED) is 0.837. The summed E-state index contributed by atoms with van der Waals surface area (Å²) in [5, 5.41) is 9.03. The van der Waals surface area contributed by atoms with Gasteiger partial charge in [-0.05, 0) is 30.7 Å². The maximum Gasteiger partial charge on any atom is 0.273 e. The topological polar surface area (TPSA) is 79.5 Å². The second kappa shape index (κ2) is 5.43. The zero-order chi connectivity index (χ0) is 12.3. The highest BCUT2D eigenvalue weighted by Gasteiger charge is 2.22. The van der Waals surface area contributed by atoms with Crippen LogP contribution in [0.25, 0.3) is 0 Å². The first-order chi connectivity index (χ1) is 8.12. The van der Waals surface area contributed by atoms with Crippen molar-refractivity contribution in [3.05, 3.63) is 17.9 Å². The van der Waals surface area contributed by atoms with Crippen LogP contribution in [0.1, 0.15) is 18.6 Å². The van der Waals surface area contributed by atoms with Crippen molar-refractivity contribution in [3.63, 3.8) is 0 Å². The van der Waals surface area contributed by atoms with Crippen LogP contribution in [0.2, 0.25) is 0 Å². The Bertz CT molecular complexity index is 462. The fourth-order valence-corrected chi connectivity index (χ4v) is 4.00. The fourth-order valence-electron chi connectivity index (χ4n) is 1.67. The van der Waals surface area contributed by atoms with Gasteiger partial charge in [0.15, 0.2) is 0 Å². The van der Waals surface area contributed by atoms with Crippen molar-refractivity contribution in [2.45, 2.75) is 29.8 Å². The van der Waals surface area contributed by atoms with E-state index >= 15 is 0 Å². The van der Waals surface area contributed by atoms with Crippen molar-refractivity contribution < 1.29 is 17.9 Å². The molecule has 1 aliphatic rings. The minimum atomic E-state index is -3.58. The van der Waals surface area contributed by atoms with E-state index in [1.807, 2.05) is 0 Å². The number of sulfonamides is 1. The molecule has 1 aromatic heterocycles. The first-order valence-electron chi connectivity index (χ1n) is 5.42. The SMILES string of the molecule is O=S(=O)(NCC1CCCS1)c1ccc(CO)o1. The van der Waals surface area contributed by atoms with Gasteiger partial charge in [0.1, 0.15) is 12.4 Å². The van der Waals surface area contributed by atoms with Crippen LogP contribution < -0.4 is 4.72 Å². The summed E-state index contributed by atoms with van der Waals surface area (Å²) in [6.45, 7) is 0.135. The van der Waals surface area contributed by atoms with Crippen LogP contribution in [0.3, 0.4) is 0 Å². The van der Waals surface area contributed by atoms with Gasteiger partial charge in [0.2, 0.25) is 5.09 Å². The van der Waals surface area contributed by atoms with Crippen molar-refractivity contribution in [3.8, 4) is 0 Å². The standard InChI is InChI=1S/C10H15NO4S2/c12-7-8-3-4-10(15-8)17(13,14)11-6-9-2-1-5-16-9/h3-4,9,11-12H,1-2,5-7H2. The van der Waals surface area contributed by atoms with Gasteiger partial charge in [-0.2, -0.15) is 11.8 Å². The van der Waals surface area contributed by atoms with E-state index in [1.165, 1.54) is 12.1 Å². The third kappa shape index (κ3) is 3.25. The molecular formula is C10H15NO4S2. The van der Waals surface area contributed by atoms with Gasteiger partial charge in [-0.1, -0.05) is 0 Å². The third-order valence-electron chi connectivity index (χ3n) is 2.58. The van der Waals surface area contributed by atoms with E-state index in [9.17, 15) is 8.42 Å². The Morgan fingerprint density at radius 3 is 2.94 bits per heavy atom. The average molecular weight is 277 g/mol. The molecule has 1 atom stereocenters. The van der Waals surface area contributed by atoms with E-state index in [4.69, 9.17) is 9.52 Å². The first kappa shape index (κ1) is 12.9. The number of hydrogen-bond acceptors (Lipinski definition) is 5. The molecule has 2 heterocycles. The lowest BCUT2D eigenvalue weighted by Gasteiger charge is -2.09. The molecule has 1 unspecified atom stereocenters. The molecule has 0 bridgehead atoms. The number of aliphatic hydroxyl groups excluding tert-OH is 1. The Morgan fingerprint density at radius 2 is 2.35 bits per heavy atom. The molecule has 1 aromatic rings. The summed E-state index contributed by atoms with van der Waals surface area (Å²) >= 11 is 1.79. The maximum atomic E-state index is 11.8. The van der Waals surface area contributed by atoms with Crippen LogP contribution in [0.5, 0.6) is 0 Å². The van der Waals surface area contributed by atoms with Crippen molar-refractivity contribution in [2.24, 2.45) is 0 Å². The number of nitrogens with one attached hydrogen (secondary N) is 1. The summed E-state index contributed by atoms with van der Waals surface area (Å²) in [6, 6.07) is 2.81. The van der Waals surface area contributed by atoms with Gasteiger partial charge in [-0.25, -0.2) is 13.1 Å². The predicted octanol–water partition coefficient (Wildman–Crippen LogP) is 0.946. The fraction of sp³-hybridized carbons (Fsp3) is 0.600. The molecule has 96 valence electrons. The molecule has 0 aromatic carbocycles. The zero-order valence-electron chi connectivity index (χ0n) is 9.26. The Labute approximate surface area is 105 Å². The molecule has 2 rings (SSSR count). The lowest BCUT2D eigenvalue weighted by Crippen LogP contribution is -2.29. The molecule has 0 amide bonds. The molecule has 0 radical (unpaired) electrons. The number of thioether (sulfide) groups is 1. The van der Waals surface area contributed by atoms with Gasteiger partial charge in [0.25, 0.3) is 10.0 Å². The van der Waals surface area contributed by atoms with Gasteiger partial charge in [0, 0.05) is 11.8 Å². The van der Waals surface area contributed by atoms with Crippen molar-refractivity contribution in [1.29, 1.82) is 0 Å². The van der Waals surface area contributed by atoms with Crippen molar-refractivity contribution in [2.75, 3.05) is 12.3 Å². The van der Waals surface area contributed by atoms with Crippen LogP contribution in [0, 0.1) is 0 Å². The number of furan rings is 1. The number of rotatable bonds is 5. The molecule has 0 spiro atoms. The Balaban J connectivity index is 1.97. The van der Waals surface area contributed by atoms with E-state index in [0.29, 0.717) is 11.8 Å². The summed E-state index contributed by atoms with van der Waals surface area (Å²) in [5.74, 6) is 1.35. The van der Waals surface area contributed by atoms with Gasteiger partial charge >= 0.3 is 0 Å². The van der Waals surface area contributed by atoms with Gasteiger partial charge in [0.05, 0.1) is 0 Å². The lowest BCUT2D eigenvalue weighted by atomic mass is 10.2. The molecule has 1 aliphatic heterocycles. The average Bonchev–Trinajstić information content (AvgIpc) is 2.98. The van der Waals surface area contributed by atoms with Crippen LogP contribution in [0.4, 0.5) is 0 Å². The molecule has 2 N–H and O–H groups in total. The van der Waals surface area contributed by atoms with Crippen LogP contribution in [0.15, 0.2) is 21.6 Å². The number of aliphatic hydroxyl groups is 1. The van der Waals surface area contributed by atoms with E-state index < -0.39 is 10.0 Å². The Hall–Kier alpha value is -0.500. The molecule has 0 saturated carbocycles. The highest BCUT2D eigenvalue weighted by Crippen LogP contribution is 2.25. The van der Waals surface area contributed by atoms with E-state index in [2.05, 4.69) is 4.72 Å². The highest BCUT2D eigenvalue weighted by atomic mass is 32.2. The van der Waals surface area contributed by atoms with E-state index in [0.717, 1.165) is 18.6 Å². The molecule has 7 heteroatoms. The van der Waals surface area contributed by atoms with Crippen molar-refractivity contribution in [1.82, 2.24) is 4.72 Å². The van der Waals surface area contributed by atoms with Crippen LogP contribution in [-0.4, -0.2) is 31.1 Å². The third-order valence-corrected chi connectivity index (χ3v) is 5.28. The van der Waals surface area contributed by atoms with E-state index in [-0.39, 0.29) is 17.5 Å². The molecule has 17 heavy (non-hydrogen) atoms. The Morgan fingerprint density at radius 1 is 1.53 bits per heavy atom. The molecule has 1 saturated heterocycles. The predicted molar refractivity (Wildman–Crippen MR) is 65.3 cm³/mol. The minimum absolute atomic E-state index is 0.135. The van der Waals surface area contributed by atoms with Gasteiger partial charge < -0.3 is 9.52 Å². The number of hydrogen-bond donors (Lipinski definition) is 2. The normalized spacial score (nSPS) is 20.9.